The van der Waals surface area contributed by atoms with Crippen molar-refractivity contribution >= 4 is 5.91 Å². The molecule has 0 aliphatic carbocycles. The number of aryl methyl sites for hydroxylation is 2. The summed E-state index contributed by atoms with van der Waals surface area (Å²) >= 11 is 0. The van der Waals surface area contributed by atoms with Crippen LogP contribution in [0.25, 0.3) is 0 Å². The highest BCUT2D eigenvalue weighted by Gasteiger charge is 2.22. The summed E-state index contributed by atoms with van der Waals surface area (Å²) in [6.07, 6.45) is 3.96. The van der Waals surface area contributed by atoms with Crippen molar-refractivity contribution in [1.82, 2.24) is 14.9 Å². The molecule has 1 amide bonds. The molecule has 0 saturated heterocycles. The molecule has 0 bridgehead atoms. The Morgan fingerprint density at radius 1 is 1.22 bits per heavy atom. The molecule has 0 unspecified atom stereocenters. The quantitative estimate of drug-likeness (QED) is 0.736. The number of nitrogens with zero attached hydrogens (tertiary/aromatic N) is 2. The zero-order valence-electron chi connectivity index (χ0n) is 13.8. The maximum Gasteiger partial charge on any atom is 0.243 e. The van der Waals surface area contributed by atoms with Gasteiger partial charge in [-0.15, -0.1) is 0 Å². The number of aliphatic hydroxyl groups is 1. The van der Waals surface area contributed by atoms with E-state index >= 15 is 0 Å². The highest BCUT2D eigenvalue weighted by Crippen LogP contribution is 2.21. The Balaban J connectivity index is 2.08. The topological polar surface area (TPSA) is 67.2 Å². The van der Waals surface area contributed by atoms with E-state index in [1.54, 1.807) is 6.20 Å². The lowest BCUT2D eigenvalue weighted by atomic mass is 10.1. The molecular weight excluding hydrogens is 290 g/mol. The molecule has 5 heteroatoms. The van der Waals surface area contributed by atoms with Gasteiger partial charge in [-0.2, -0.15) is 0 Å². The summed E-state index contributed by atoms with van der Waals surface area (Å²) in [5.41, 5.74) is 2.99. The normalized spacial score (nSPS) is 12.1. The number of aromatic nitrogens is 2. The number of carbonyl (C=O) groups excluding carboxylic acids is 1. The van der Waals surface area contributed by atoms with Gasteiger partial charge in [-0.25, -0.2) is 0 Å². The Morgan fingerprint density at radius 2 is 1.96 bits per heavy atom. The molecule has 124 valence electrons. The van der Waals surface area contributed by atoms with Gasteiger partial charge in [-0.3, -0.25) is 9.78 Å². The van der Waals surface area contributed by atoms with Crippen molar-refractivity contribution < 1.29 is 9.90 Å². The van der Waals surface area contributed by atoms with E-state index in [0.717, 1.165) is 23.5 Å². The molecule has 2 rings (SSSR count). The first kappa shape index (κ1) is 17.2. The fraction of sp³-hybridized carbons (Fsp3) is 0.444. The first-order valence-electron chi connectivity index (χ1n) is 8.06. The molecule has 2 aromatic rings. The van der Waals surface area contributed by atoms with Crippen molar-refractivity contribution in [3.05, 3.63) is 53.6 Å². The second-order valence-electron chi connectivity index (χ2n) is 5.76. The summed E-state index contributed by atoms with van der Waals surface area (Å²) < 4.78 is 2.07. The third kappa shape index (κ3) is 4.66. The van der Waals surface area contributed by atoms with E-state index in [1.807, 2.05) is 44.2 Å². The third-order valence-electron chi connectivity index (χ3n) is 4.00. The summed E-state index contributed by atoms with van der Waals surface area (Å²) in [5, 5.41) is 12.0. The van der Waals surface area contributed by atoms with Gasteiger partial charge in [-0.1, -0.05) is 6.07 Å². The van der Waals surface area contributed by atoms with E-state index in [9.17, 15) is 4.79 Å². The number of unbranched alkanes of at least 4 members (excludes halogenated alkanes) is 1. The number of hydrogen-bond acceptors (Lipinski definition) is 3. The van der Waals surface area contributed by atoms with E-state index < -0.39 is 0 Å². The first-order chi connectivity index (χ1) is 11.1. The lowest BCUT2D eigenvalue weighted by Gasteiger charge is -2.22. The molecular formula is C18H25N3O2. The molecule has 0 aliphatic heterocycles. The van der Waals surface area contributed by atoms with Gasteiger partial charge in [0.05, 0.1) is 12.2 Å². The molecule has 5 nitrogen and oxygen atoms in total. The van der Waals surface area contributed by atoms with Gasteiger partial charge >= 0.3 is 0 Å². The average molecular weight is 315 g/mol. The van der Waals surface area contributed by atoms with E-state index in [-0.39, 0.29) is 18.6 Å². The summed E-state index contributed by atoms with van der Waals surface area (Å²) in [6.45, 7) is 4.61. The average Bonchev–Trinajstić information content (AvgIpc) is 2.89. The Morgan fingerprint density at radius 3 is 2.57 bits per heavy atom. The van der Waals surface area contributed by atoms with Crippen molar-refractivity contribution in [2.24, 2.45) is 0 Å². The van der Waals surface area contributed by atoms with Crippen LogP contribution in [-0.2, 0) is 11.3 Å². The van der Waals surface area contributed by atoms with Crippen molar-refractivity contribution in [2.75, 3.05) is 6.61 Å². The van der Waals surface area contributed by atoms with E-state index in [0.29, 0.717) is 19.4 Å². The van der Waals surface area contributed by atoms with Gasteiger partial charge < -0.3 is 15.0 Å². The molecule has 2 heterocycles. The van der Waals surface area contributed by atoms with Crippen molar-refractivity contribution in [3.8, 4) is 0 Å². The lowest BCUT2D eigenvalue weighted by Crippen LogP contribution is -2.33. The molecule has 2 N–H and O–H groups in total. The van der Waals surface area contributed by atoms with Crippen LogP contribution in [0.4, 0.5) is 0 Å². The van der Waals surface area contributed by atoms with Crippen molar-refractivity contribution in [1.29, 1.82) is 0 Å². The molecule has 0 fully saturated rings. The first-order valence-corrected chi connectivity index (χ1v) is 8.06. The zero-order valence-corrected chi connectivity index (χ0v) is 13.8. The Bertz CT molecular complexity index is 603. The van der Waals surface area contributed by atoms with Crippen LogP contribution in [0.15, 0.2) is 36.5 Å². The minimum Gasteiger partial charge on any atom is -0.396 e. The van der Waals surface area contributed by atoms with Gasteiger partial charge in [0.1, 0.15) is 6.04 Å². The van der Waals surface area contributed by atoms with Crippen LogP contribution in [0.2, 0.25) is 0 Å². The molecule has 0 radical (unpaired) electrons. The highest BCUT2D eigenvalue weighted by molar-refractivity contribution is 5.80. The minimum atomic E-state index is -0.250. The fourth-order valence-electron chi connectivity index (χ4n) is 2.80. The fourth-order valence-corrected chi connectivity index (χ4v) is 2.80. The van der Waals surface area contributed by atoms with Gasteiger partial charge in [0.15, 0.2) is 0 Å². The van der Waals surface area contributed by atoms with E-state index in [2.05, 4.69) is 14.9 Å². The van der Waals surface area contributed by atoms with Crippen LogP contribution >= 0.6 is 0 Å². The van der Waals surface area contributed by atoms with Crippen molar-refractivity contribution in [2.45, 2.75) is 45.7 Å². The summed E-state index contributed by atoms with van der Waals surface area (Å²) in [4.78, 5) is 16.9. The Kier molecular flexibility index (Phi) is 6.35. The van der Waals surface area contributed by atoms with Gasteiger partial charge in [0.2, 0.25) is 5.91 Å². The van der Waals surface area contributed by atoms with Crippen LogP contribution in [0.1, 0.15) is 42.4 Å². The monoisotopic (exact) mass is 315 g/mol. The third-order valence-corrected chi connectivity index (χ3v) is 4.00. The number of amides is 1. The van der Waals surface area contributed by atoms with Gasteiger partial charge in [0, 0.05) is 24.2 Å². The molecule has 23 heavy (non-hydrogen) atoms. The van der Waals surface area contributed by atoms with Gasteiger partial charge in [-0.05, 0) is 57.4 Å². The largest absolute Gasteiger partial charge is 0.396 e. The SMILES string of the molecule is Cc1ccc(C)n1[C@@H](CCCCO)C(=O)NCc1ccccn1. The van der Waals surface area contributed by atoms with E-state index in [4.69, 9.17) is 5.11 Å². The van der Waals surface area contributed by atoms with Gasteiger partial charge in [0.25, 0.3) is 0 Å². The Labute approximate surface area is 137 Å². The molecule has 2 aromatic heterocycles. The zero-order chi connectivity index (χ0) is 16.7. The second kappa shape index (κ2) is 8.48. The molecule has 0 spiro atoms. The van der Waals surface area contributed by atoms with Crippen LogP contribution < -0.4 is 5.32 Å². The number of hydrogen-bond donors (Lipinski definition) is 2. The standard InChI is InChI=1S/C18H25N3O2/c1-14-9-10-15(2)21(14)17(8-4-6-12-22)18(23)20-13-16-7-3-5-11-19-16/h3,5,7,9-11,17,22H,4,6,8,12-13H2,1-2H3,(H,20,23)/t17-/m0/s1. The summed E-state index contributed by atoms with van der Waals surface area (Å²) in [6, 6.07) is 9.47. The number of aliphatic hydroxyl groups excluding tert-OH is 1. The van der Waals surface area contributed by atoms with Crippen molar-refractivity contribution in [3.63, 3.8) is 0 Å². The minimum absolute atomic E-state index is 0.00371. The molecule has 1 atom stereocenters. The molecule has 0 saturated carbocycles. The predicted octanol–water partition coefficient (Wildman–Crippen LogP) is 2.52. The molecule has 0 aromatic carbocycles. The van der Waals surface area contributed by atoms with Crippen LogP contribution in [0.3, 0.4) is 0 Å². The second-order valence-corrected chi connectivity index (χ2v) is 5.76. The predicted molar refractivity (Wildman–Crippen MR) is 90.0 cm³/mol. The maximum absolute atomic E-state index is 12.7. The number of rotatable bonds is 8. The maximum atomic E-state index is 12.7. The van der Waals surface area contributed by atoms with E-state index in [1.165, 1.54) is 0 Å². The Hall–Kier alpha value is -2.14. The number of carbonyl (C=O) groups is 1. The number of nitrogens with one attached hydrogen (secondary N) is 1. The van der Waals surface area contributed by atoms with Crippen LogP contribution in [0.5, 0.6) is 0 Å². The molecule has 0 aliphatic rings. The summed E-state index contributed by atoms with van der Waals surface area (Å²) in [7, 11) is 0. The van der Waals surface area contributed by atoms with Crippen LogP contribution in [0, 0.1) is 13.8 Å². The highest BCUT2D eigenvalue weighted by atomic mass is 16.2. The lowest BCUT2D eigenvalue weighted by molar-refractivity contribution is -0.124. The summed E-state index contributed by atoms with van der Waals surface area (Å²) in [5.74, 6) is -0.00371. The number of pyridine rings is 1. The smallest absolute Gasteiger partial charge is 0.243 e. The van der Waals surface area contributed by atoms with Crippen LogP contribution in [-0.4, -0.2) is 27.2 Å².